The monoisotopic (exact) mass is 409 g/mol. The second-order valence-electron chi connectivity index (χ2n) is 7.10. The molecule has 2 heterocycles. The number of aliphatic hydroxyl groups is 1. The summed E-state index contributed by atoms with van der Waals surface area (Å²) in [6.45, 7) is 4.04. The smallest absolute Gasteiger partial charge is 0.225 e. The molecule has 0 spiro atoms. The molecule has 2 aromatic heterocycles. The third kappa shape index (κ3) is 5.36. The number of methoxy groups -OCH3 is 2. The Kier molecular flexibility index (Phi) is 7.03. The van der Waals surface area contributed by atoms with E-state index < -0.39 is 0 Å². The van der Waals surface area contributed by atoms with Crippen molar-refractivity contribution in [3.05, 3.63) is 48.8 Å². The van der Waals surface area contributed by atoms with Crippen molar-refractivity contribution in [2.45, 2.75) is 19.9 Å². The van der Waals surface area contributed by atoms with E-state index in [-0.39, 0.29) is 18.6 Å². The molecule has 0 saturated heterocycles. The molecule has 8 nitrogen and oxygen atoms in total. The third-order valence-corrected chi connectivity index (χ3v) is 4.64. The van der Waals surface area contributed by atoms with Gasteiger partial charge in [0.1, 0.15) is 17.3 Å². The lowest BCUT2D eigenvalue weighted by Gasteiger charge is -2.21. The fourth-order valence-electron chi connectivity index (χ4n) is 2.86. The summed E-state index contributed by atoms with van der Waals surface area (Å²) in [6, 6.07) is 11.0. The molecule has 0 unspecified atom stereocenters. The molecule has 0 fully saturated rings. The molecule has 0 aliphatic heterocycles. The van der Waals surface area contributed by atoms with Crippen LogP contribution in [0.2, 0.25) is 0 Å². The lowest BCUT2D eigenvalue weighted by atomic mass is 10.1. The summed E-state index contributed by atoms with van der Waals surface area (Å²) in [5, 5.41) is 16.2. The van der Waals surface area contributed by atoms with E-state index in [1.807, 2.05) is 44.2 Å². The van der Waals surface area contributed by atoms with E-state index in [1.54, 1.807) is 32.7 Å². The fraction of sp³-hybridized carbons (Fsp3) is 0.318. The van der Waals surface area contributed by atoms with Crippen LogP contribution in [0.4, 0.5) is 17.5 Å². The van der Waals surface area contributed by atoms with Gasteiger partial charge in [-0.2, -0.15) is 4.98 Å². The van der Waals surface area contributed by atoms with Crippen LogP contribution >= 0.6 is 0 Å². The van der Waals surface area contributed by atoms with Gasteiger partial charge >= 0.3 is 0 Å². The Morgan fingerprint density at radius 2 is 1.63 bits per heavy atom. The minimum Gasteiger partial charge on any atom is -0.497 e. The number of nitrogens with one attached hydrogen (secondary N) is 2. The summed E-state index contributed by atoms with van der Waals surface area (Å²) in [5.41, 5.74) is 2.40. The van der Waals surface area contributed by atoms with E-state index in [9.17, 15) is 5.11 Å². The lowest BCUT2D eigenvalue weighted by molar-refractivity contribution is 0.248. The van der Waals surface area contributed by atoms with Crippen LogP contribution in [0.3, 0.4) is 0 Å². The second kappa shape index (κ2) is 9.89. The molecule has 1 atom stereocenters. The maximum atomic E-state index is 9.69. The van der Waals surface area contributed by atoms with Gasteiger partial charge in [-0.15, -0.1) is 0 Å². The van der Waals surface area contributed by atoms with Gasteiger partial charge in [-0.25, -0.2) is 4.98 Å². The zero-order valence-electron chi connectivity index (χ0n) is 17.6. The average molecular weight is 409 g/mol. The lowest BCUT2D eigenvalue weighted by Crippen LogP contribution is -2.30. The Balaban J connectivity index is 1.99. The number of aliphatic hydroxyl groups excluding tert-OH is 1. The predicted octanol–water partition coefficient (Wildman–Crippen LogP) is 3.73. The Morgan fingerprint density at radius 3 is 2.20 bits per heavy atom. The predicted molar refractivity (Wildman–Crippen MR) is 117 cm³/mol. The molecule has 0 radical (unpaired) electrons. The van der Waals surface area contributed by atoms with E-state index in [4.69, 9.17) is 9.47 Å². The zero-order valence-corrected chi connectivity index (χ0v) is 17.6. The highest BCUT2D eigenvalue weighted by atomic mass is 16.5. The molecular formula is C22H27N5O3. The molecule has 3 aromatic rings. The van der Waals surface area contributed by atoms with Gasteiger partial charge in [0.05, 0.1) is 32.6 Å². The molecule has 158 valence electrons. The zero-order chi connectivity index (χ0) is 21.5. The Morgan fingerprint density at radius 1 is 0.967 bits per heavy atom. The average Bonchev–Trinajstić information content (AvgIpc) is 2.77. The molecule has 0 saturated carbocycles. The molecule has 3 N–H and O–H groups in total. The van der Waals surface area contributed by atoms with Gasteiger partial charge in [0, 0.05) is 47.9 Å². The number of ether oxygens (including phenoxy) is 2. The van der Waals surface area contributed by atoms with Crippen LogP contribution in [-0.2, 0) is 0 Å². The summed E-state index contributed by atoms with van der Waals surface area (Å²) in [6.07, 6.45) is 3.43. The van der Waals surface area contributed by atoms with Crippen LogP contribution in [0.15, 0.2) is 48.8 Å². The van der Waals surface area contributed by atoms with Gasteiger partial charge in [0.2, 0.25) is 5.95 Å². The molecule has 8 heteroatoms. The quantitative estimate of drug-likeness (QED) is 0.491. The van der Waals surface area contributed by atoms with Crippen LogP contribution in [0.5, 0.6) is 11.5 Å². The second-order valence-corrected chi connectivity index (χ2v) is 7.10. The van der Waals surface area contributed by atoms with Crippen molar-refractivity contribution < 1.29 is 14.6 Å². The first-order chi connectivity index (χ1) is 14.5. The molecule has 0 aliphatic rings. The number of rotatable bonds is 9. The Labute approximate surface area is 176 Å². The van der Waals surface area contributed by atoms with Crippen molar-refractivity contribution in [1.29, 1.82) is 0 Å². The van der Waals surface area contributed by atoms with Gasteiger partial charge < -0.3 is 25.2 Å². The molecule has 30 heavy (non-hydrogen) atoms. The van der Waals surface area contributed by atoms with Crippen molar-refractivity contribution in [3.8, 4) is 22.8 Å². The number of anilines is 3. The standard InChI is InChI=1S/C22H27N5O3/c1-14(2)20(13-28)26-22-25-19(15-5-7-23-8-6-15)12-21(27-22)24-16-9-17(29-3)11-18(10-16)30-4/h5-12,14,20,28H,13H2,1-4H3,(H2,24,25,26,27)/t20-/m0/s1. The first-order valence-corrected chi connectivity index (χ1v) is 9.69. The summed E-state index contributed by atoms with van der Waals surface area (Å²) < 4.78 is 10.7. The van der Waals surface area contributed by atoms with E-state index in [1.165, 1.54) is 0 Å². The van der Waals surface area contributed by atoms with Crippen LogP contribution in [0.1, 0.15) is 13.8 Å². The first kappa shape index (κ1) is 21.3. The fourth-order valence-corrected chi connectivity index (χ4v) is 2.86. The van der Waals surface area contributed by atoms with Gasteiger partial charge in [-0.3, -0.25) is 4.98 Å². The molecule has 0 aliphatic carbocycles. The maximum absolute atomic E-state index is 9.69. The van der Waals surface area contributed by atoms with E-state index in [2.05, 4.69) is 25.6 Å². The number of benzene rings is 1. The van der Waals surface area contributed by atoms with Crippen molar-refractivity contribution in [2.75, 3.05) is 31.5 Å². The van der Waals surface area contributed by atoms with Gasteiger partial charge in [-0.1, -0.05) is 13.8 Å². The van der Waals surface area contributed by atoms with Gasteiger partial charge in [0.15, 0.2) is 0 Å². The van der Waals surface area contributed by atoms with Crippen molar-refractivity contribution in [3.63, 3.8) is 0 Å². The van der Waals surface area contributed by atoms with Crippen LogP contribution in [0, 0.1) is 5.92 Å². The summed E-state index contributed by atoms with van der Waals surface area (Å²) >= 11 is 0. The molecule has 1 aromatic carbocycles. The largest absolute Gasteiger partial charge is 0.497 e. The van der Waals surface area contributed by atoms with Crippen molar-refractivity contribution in [1.82, 2.24) is 15.0 Å². The van der Waals surface area contributed by atoms with Gasteiger partial charge in [-0.05, 0) is 18.1 Å². The first-order valence-electron chi connectivity index (χ1n) is 9.69. The minimum atomic E-state index is -0.164. The van der Waals surface area contributed by atoms with Crippen molar-refractivity contribution >= 4 is 17.5 Å². The highest BCUT2D eigenvalue weighted by molar-refractivity contribution is 5.68. The van der Waals surface area contributed by atoms with Crippen LogP contribution in [-0.4, -0.2) is 46.9 Å². The Bertz CT molecular complexity index is 944. The molecule has 0 bridgehead atoms. The van der Waals surface area contributed by atoms with E-state index in [0.717, 1.165) is 16.9 Å². The summed E-state index contributed by atoms with van der Waals surface area (Å²) in [5.74, 6) is 2.56. The maximum Gasteiger partial charge on any atom is 0.225 e. The third-order valence-electron chi connectivity index (χ3n) is 4.64. The minimum absolute atomic E-state index is 0.0175. The Hall–Kier alpha value is -3.39. The number of hydrogen-bond donors (Lipinski definition) is 3. The van der Waals surface area contributed by atoms with E-state index in [0.29, 0.717) is 23.3 Å². The number of aromatic nitrogens is 3. The summed E-state index contributed by atoms with van der Waals surface area (Å²) in [4.78, 5) is 13.3. The van der Waals surface area contributed by atoms with E-state index >= 15 is 0 Å². The highest BCUT2D eigenvalue weighted by Crippen LogP contribution is 2.29. The van der Waals surface area contributed by atoms with Gasteiger partial charge in [0.25, 0.3) is 0 Å². The topological polar surface area (TPSA) is 101 Å². The van der Waals surface area contributed by atoms with Crippen molar-refractivity contribution in [2.24, 2.45) is 5.92 Å². The number of nitrogens with zero attached hydrogens (tertiary/aromatic N) is 3. The SMILES string of the molecule is COc1cc(Nc2cc(-c3ccncc3)nc(N[C@@H](CO)C(C)C)n2)cc(OC)c1. The highest BCUT2D eigenvalue weighted by Gasteiger charge is 2.15. The number of pyridine rings is 1. The molecular weight excluding hydrogens is 382 g/mol. The summed E-state index contributed by atoms with van der Waals surface area (Å²) in [7, 11) is 3.21. The number of hydrogen-bond acceptors (Lipinski definition) is 8. The normalized spacial score (nSPS) is 11.8. The molecule has 0 amide bonds. The van der Waals surface area contributed by atoms with Crippen LogP contribution < -0.4 is 20.1 Å². The molecule has 3 rings (SSSR count). The van der Waals surface area contributed by atoms with Crippen LogP contribution in [0.25, 0.3) is 11.3 Å².